The second-order valence-electron chi connectivity index (χ2n) is 3.20. The van der Waals surface area contributed by atoms with Gasteiger partial charge in [0, 0.05) is 6.92 Å². The van der Waals surface area contributed by atoms with Gasteiger partial charge in [-0.3, -0.25) is 4.79 Å². The molecule has 1 rings (SSSR count). The number of hydrogen-bond donors (Lipinski definition) is 0. The summed E-state index contributed by atoms with van der Waals surface area (Å²) in [6.45, 7) is 7.55. The predicted molar refractivity (Wildman–Crippen MR) is 56.8 cm³/mol. The number of benzene rings is 1. The lowest BCUT2D eigenvalue weighted by molar-refractivity contribution is -0.139. The summed E-state index contributed by atoms with van der Waals surface area (Å²) in [6.07, 6.45) is 0. The van der Waals surface area contributed by atoms with Crippen LogP contribution >= 0.6 is 0 Å². The summed E-state index contributed by atoms with van der Waals surface area (Å²) in [5.41, 5.74) is 3.02. The van der Waals surface area contributed by atoms with E-state index in [2.05, 4.69) is 6.58 Å². The number of aryl methyl sites for hydroxylation is 1. The second kappa shape index (κ2) is 4.61. The summed E-state index contributed by atoms with van der Waals surface area (Å²) in [5, 5.41) is 0. The van der Waals surface area contributed by atoms with Crippen molar-refractivity contribution in [1.82, 2.24) is 0 Å². The maximum Gasteiger partial charge on any atom is 0.302 e. The first-order chi connectivity index (χ1) is 6.61. The predicted octanol–water partition coefficient (Wildman–Crippen LogP) is 2.57. The van der Waals surface area contributed by atoms with Gasteiger partial charge < -0.3 is 4.74 Å². The molecule has 0 bridgehead atoms. The van der Waals surface area contributed by atoms with E-state index in [9.17, 15) is 4.79 Å². The van der Waals surface area contributed by atoms with Crippen molar-refractivity contribution < 1.29 is 9.53 Å². The summed E-state index contributed by atoms with van der Waals surface area (Å²) >= 11 is 0. The molecule has 0 atom stereocenters. The molecule has 0 aliphatic heterocycles. The highest BCUT2D eigenvalue weighted by Gasteiger charge is 2.03. The van der Waals surface area contributed by atoms with E-state index < -0.39 is 0 Å². The third kappa shape index (κ3) is 2.73. The van der Waals surface area contributed by atoms with Gasteiger partial charge in [0.2, 0.25) is 0 Å². The quantitative estimate of drug-likeness (QED) is 0.685. The molecule has 0 radical (unpaired) electrons. The first kappa shape index (κ1) is 10.5. The molecule has 0 unspecified atom stereocenters. The Bertz CT molecular complexity index is 353. The van der Waals surface area contributed by atoms with Gasteiger partial charge in [-0.2, -0.15) is 0 Å². The second-order valence-corrected chi connectivity index (χ2v) is 3.20. The van der Waals surface area contributed by atoms with Gasteiger partial charge >= 0.3 is 5.97 Å². The molecule has 0 saturated carbocycles. The van der Waals surface area contributed by atoms with Crippen LogP contribution in [0.3, 0.4) is 0 Å². The van der Waals surface area contributed by atoms with Crippen LogP contribution in [0.15, 0.2) is 30.8 Å². The fraction of sp³-hybridized carbons (Fsp3) is 0.250. The van der Waals surface area contributed by atoms with Gasteiger partial charge in [-0.1, -0.05) is 30.8 Å². The maximum absolute atomic E-state index is 10.6. The normalized spacial score (nSPS) is 9.57. The van der Waals surface area contributed by atoms with Crippen LogP contribution in [-0.2, 0) is 9.53 Å². The number of ether oxygens (including phenoxy) is 1. The first-order valence-electron chi connectivity index (χ1n) is 4.48. The highest BCUT2D eigenvalue weighted by Crippen LogP contribution is 2.16. The molecule has 0 spiro atoms. The maximum atomic E-state index is 10.6. The molecule has 0 aliphatic rings. The Hall–Kier alpha value is -1.57. The van der Waals surface area contributed by atoms with Gasteiger partial charge in [0.25, 0.3) is 0 Å². The zero-order valence-electron chi connectivity index (χ0n) is 8.54. The van der Waals surface area contributed by atoms with E-state index in [1.54, 1.807) is 0 Å². The summed E-state index contributed by atoms with van der Waals surface area (Å²) in [4.78, 5) is 10.6. The third-order valence-corrected chi connectivity index (χ3v) is 1.98. The Labute approximate surface area is 84.2 Å². The standard InChI is InChI=1S/C12H14O2/c1-9-6-4-5-7-12(9)10(2)8-14-11(3)13/h4-7H,2,8H2,1,3H3. The molecule has 0 fully saturated rings. The molecule has 0 amide bonds. The molecule has 2 nitrogen and oxygen atoms in total. The minimum Gasteiger partial charge on any atom is -0.461 e. The number of rotatable bonds is 3. The van der Waals surface area contributed by atoms with E-state index in [1.807, 2.05) is 31.2 Å². The van der Waals surface area contributed by atoms with Crippen molar-refractivity contribution in [3.63, 3.8) is 0 Å². The topological polar surface area (TPSA) is 26.3 Å². The van der Waals surface area contributed by atoms with Crippen molar-refractivity contribution in [1.29, 1.82) is 0 Å². The van der Waals surface area contributed by atoms with Crippen LogP contribution in [0.1, 0.15) is 18.1 Å². The lowest BCUT2D eigenvalue weighted by Gasteiger charge is -2.08. The Morgan fingerprint density at radius 3 is 2.64 bits per heavy atom. The van der Waals surface area contributed by atoms with E-state index in [0.29, 0.717) is 0 Å². The minimum absolute atomic E-state index is 0.264. The Morgan fingerprint density at radius 2 is 2.07 bits per heavy atom. The van der Waals surface area contributed by atoms with Crippen molar-refractivity contribution in [3.05, 3.63) is 42.0 Å². The van der Waals surface area contributed by atoms with E-state index in [4.69, 9.17) is 4.74 Å². The Balaban J connectivity index is 2.70. The smallest absolute Gasteiger partial charge is 0.302 e. The fourth-order valence-corrected chi connectivity index (χ4v) is 1.24. The van der Waals surface area contributed by atoms with E-state index in [0.717, 1.165) is 16.7 Å². The molecule has 1 aromatic carbocycles. The van der Waals surface area contributed by atoms with E-state index >= 15 is 0 Å². The zero-order valence-corrected chi connectivity index (χ0v) is 8.54. The molecule has 74 valence electrons. The van der Waals surface area contributed by atoms with Gasteiger partial charge in [0.1, 0.15) is 6.61 Å². The number of hydrogen-bond acceptors (Lipinski definition) is 2. The third-order valence-electron chi connectivity index (χ3n) is 1.98. The molecule has 1 aromatic rings. The number of esters is 1. The molecule has 2 heteroatoms. The molecule has 14 heavy (non-hydrogen) atoms. The average molecular weight is 190 g/mol. The van der Waals surface area contributed by atoms with Crippen LogP contribution in [0.2, 0.25) is 0 Å². The van der Waals surface area contributed by atoms with Crippen LogP contribution in [0.5, 0.6) is 0 Å². The lowest BCUT2D eigenvalue weighted by Crippen LogP contribution is -2.02. The molecular weight excluding hydrogens is 176 g/mol. The van der Waals surface area contributed by atoms with Gasteiger partial charge in [-0.05, 0) is 23.6 Å². The molecule has 0 N–H and O–H groups in total. The summed E-state index contributed by atoms with van der Waals surface area (Å²) < 4.78 is 4.87. The monoisotopic (exact) mass is 190 g/mol. The molecule has 0 saturated heterocycles. The fourth-order valence-electron chi connectivity index (χ4n) is 1.24. The van der Waals surface area contributed by atoms with Crippen molar-refractivity contribution in [2.75, 3.05) is 6.61 Å². The Morgan fingerprint density at radius 1 is 1.43 bits per heavy atom. The summed E-state index contributed by atoms with van der Waals surface area (Å²) in [6, 6.07) is 7.90. The molecule has 0 aromatic heterocycles. The molecule has 0 aliphatic carbocycles. The Kier molecular flexibility index (Phi) is 3.46. The van der Waals surface area contributed by atoms with Crippen LogP contribution in [0, 0.1) is 6.92 Å². The van der Waals surface area contributed by atoms with Crippen molar-refractivity contribution >= 4 is 11.5 Å². The van der Waals surface area contributed by atoms with Gasteiger partial charge in [0.05, 0.1) is 0 Å². The van der Waals surface area contributed by atoms with Crippen molar-refractivity contribution in [2.45, 2.75) is 13.8 Å². The molecular formula is C12H14O2. The van der Waals surface area contributed by atoms with E-state index in [1.165, 1.54) is 6.92 Å². The summed E-state index contributed by atoms with van der Waals surface area (Å²) in [7, 11) is 0. The lowest BCUT2D eigenvalue weighted by atomic mass is 10.0. The van der Waals surface area contributed by atoms with E-state index in [-0.39, 0.29) is 12.6 Å². The average Bonchev–Trinajstić information content (AvgIpc) is 2.15. The first-order valence-corrected chi connectivity index (χ1v) is 4.48. The molecule has 0 heterocycles. The van der Waals surface area contributed by atoms with Gasteiger partial charge in [-0.15, -0.1) is 0 Å². The van der Waals surface area contributed by atoms with Crippen LogP contribution in [0.25, 0.3) is 5.57 Å². The highest BCUT2D eigenvalue weighted by atomic mass is 16.5. The zero-order chi connectivity index (χ0) is 10.6. The largest absolute Gasteiger partial charge is 0.461 e. The highest BCUT2D eigenvalue weighted by molar-refractivity contribution is 5.71. The number of carbonyl (C=O) groups excluding carboxylic acids is 1. The van der Waals surface area contributed by atoms with Crippen molar-refractivity contribution in [2.24, 2.45) is 0 Å². The van der Waals surface area contributed by atoms with Crippen LogP contribution in [-0.4, -0.2) is 12.6 Å². The number of carbonyl (C=O) groups is 1. The van der Waals surface area contributed by atoms with Gasteiger partial charge in [0.15, 0.2) is 0 Å². The van der Waals surface area contributed by atoms with Crippen LogP contribution in [0.4, 0.5) is 0 Å². The summed E-state index contributed by atoms with van der Waals surface area (Å²) in [5.74, 6) is -0.278. The minimum atomic E-state index is -0.278. The van der Waals surface area contributed by atoms with Crippen LogP contribution < -0.4 is 0 Å². The SMILES string of the molecule is C=C(COC(C)=O)c1ccccc1C. The van der Waals surface area contributed by atoms with Crippen molar-refractivity contribution in [3.8, 4) is 0 Å². The van der Waals surface area contributed by atoms with Gasteiger partial charge in [-0.25, -0.2) is 0 Å².